The number of hydrogen-bond acceptors (Lipinski definition) is 2. The highest BCUT2D eigenvalue weighted by Crippen LogP contribution is 2.05. The van der Waals surface area contributed by atoms with Crippen LogP contribution in [-0.4, -0.2) is 17.0 Å². The van der Waals surface area contributed by atoms with E-state index in [9.17, 15) is 9.18 Å². The third kappa shape index (κ3) is 1.89. The number of halogens is 1. The van der Waals surface area contributed by atoms with Gasteiger partial charge in [-0.05, 0) is 31.2 Å². The van der Waals surface area contributed by atoms with Crippen molar-refractivity contribution in [1.82, 2.24) is 0 Å². The second kappa shape index (κ2) is 3.45. The van der Waals surface area contributed by atoms with Crippen LogP contribution in [0.3, 0.4) is 0 Å². The topological polar surface area (TPSA) is 37.3 Å². The van der Waals surface area contributed by atoms with Gasteiger partial charge < -0.3 is 5.11 Å². The minimum Gasteiger partial charge on any atom is -0.385 e. The molecule has 0 saturated heterocycles. The zero-order valence-corrected chi connectivity index (χ0v) is 6.62. The summed E-state index contributed by atoms with van der Waals surface area (Å²) in [5.74, 6) is -0.785. The Morgan fingerprint density at radius 2 is 1.92 bits per heavy atom. The van der Waals surface area contributed by atoms with Gasteiger partial charge in [0.25, 0.3) is 0 Å². The highest BCUT2D eigenvalue weighted by atomic mass is 19.1. The number of aliphatic hydroxyl groups is 1. The lowest BCUT2D eigenvalue weighted by Crippen LogP contribution is -2.15. The smallest absolute Gasteiger partial charge is 0.190 e. The van der Waals surface area contributed by atoms with Gasteiger partial charge in [0.15, 0.2) is 5.78 Å². The minimum absolute atomic E-state index is 0.325. The van der Waals surface area contributed by atoms with E-state index in [4.69, 9.17) is 5.11 Å². The maximum atomic E-state index is 12.4. The number of carbonyl (C=O) groups is 1. The van der Waals surface area contributed by atoms with Crippen molar-refractivity contribution in [3.63, 3.8) is 0 Å². The van der Waals surface area contributed by atoms with E-state index in [-0.39, 0.29) is 0 Å². The van der Waals surface area contributed by atoms with E-state index in [1.807, 2.05) is 0 Å². The van der Waals surface area contributed by atoms with Gasteiger partial charge in [0, 0.05) is 5.56 Å². The predicted molar refractivity (Wildman–Crippen MR) is 42.4 cm³/mol. The average molecular weight is 168 g/mol. The van der Waals surface area contributed by atoms with Crippen LogP contribution in [0, 0.1) is 5.82 Å². The SMILES string of the molecule is C[C@H](O)C(=O)c1ccc(F)cc1. The second-order valence-electron chi connectivity index (χ2n) is 2.55. The number of hydrogen-bond donors (Lipinski definition) is 1. The van der Waals surface area contributed by atoms with Crippen LogP contribution in [0.5, 0.6) is 0 Å². The van der Waals surface area contributed by atoms with Gasteiger partial charge in [0.2, 0.25) is 0 Å². The molecule has 2 nitrogen and oxygen atoms in total. The van der Waals surface area contributed by atoms with Gasteiger partial charge in [-0.25, -0.2) is 4.39 Å². The fraction of sp³-hybridized carbons (Fsp3) is 0.222. The van der Waals surface area contributed by atoms with Crippen molar-refractivity contribution in [2.45, 2.75) is 13.0 Å². The molecule has 0 heterocycles. The Balaban J connectivity index is 2.90. The molecule has 0 radical (unpaired) electrons. The van der Waals surface area contributed by atoms with Gasteiger partial charge in [0.1, 0.15) is 11.9 Å². The number of benzene rings is 1. The van der Waals surface area contributed by atoms with Gasteiger partial charge in [-0.3, -0.25) is 4.79 Å². The Kier molecular flexibility index (Phi) is 2.55. The third-order valence-electron chi connectivity index (χ3n) is 1.51. The number of carbonyl (C=O) groups excluding carboxylic acids is 1. The normalized spacial score (nSPS) is 12.6. The summed E-state index contributed by atoms with van der Waals surface area (Å²) in [6.07, 6.45) is -1.03. The van der Waals surface area contributed by atoms with Crippen molar-refractivity contribution in [1.29, 1.82) is 0 Å². The van der Waals surface area contributed by atoms with Crippen LogP contribution in [0.1, 0.15) is 17.3 Å². The molecule has 0 aromatic heterocycles. The summed E-state index contributed by atoms with van der Waals surface area (Å²) < 4.78 is 12.4. The zero-order valence-electron chi connectivity index (χ0n) is 6.62. The van der Waals surface area contributed by atoms with E-state index >= 15 is 0 Å². The van der Waals surface area contributed by atoms with Crippen LogP contribution in [0.2, 0.25) is 0 Å². The van der Waals surface area contributed by atoms with E-state index < -0.39 is 17.7 Å². The first-order valence-corrected chi connectivity index (χ1v) is 3.59. The molecule has 0 unspecified atom stereocenters. The van der Waals surface area contributed by atoms with Gasteiger partial charge in [-0.1, -0.05) is 0 Å². The van der Waals surface area contributed by atoms with Crippen LogP contribution in [0.4, 0.5) is 4.39 Å². The van der Waals surface area contributed by atoms with Gasteiger partial charge >= 0.3 is 0 Å². The number of rotatable bonds is 2. The maximum absolute atomic E-state index is 12.4. The monoisotopic (exact) mass is 168 g/mol. The van der Waals surface area contributed by atoms with E-state index in [1.165, 1.54) is 31.2 Å². The molecule has 12 heavy (non-hydrogen) atoms. The van der Waals surface area contributed by atoms with Gasteiger partial charge in [-0.15, -0.1) is 0 Å². The van der Waals surface area contributed by atoms with E-state index in [2.05, 4.69) is 0 Å². The van der Waals surface area contributed by atoms with E-state index in [0.29, 0.717) is 5.56 Å². The number of Topliss-reactive ketones (excluding diaryl/α,β-unsaturated/α-hetero) is 1. The Morgan fingerprint density at radius 3 is 2.33 bits per heavy atom. The molecule has 0 bridgehead atoms. The minimum atomic E-state index is -1.03. The molecule has 1 aromatic rings. The Hall–Kier alpha value is -1.22. The Labute approximate surface area is 69.6 Å². The van der Waals surface area contributed by atoms with Crippen molar-refractivity contribution in [2.75, 3.05) is 0 Å². The lowest BCUT2D eigenvalue weighted by Gasteiger charge is -2.01. The Morgan fingerprint density at radius 1 is 1.42 bits per heavy atom. The van der Waals surface area contributed by atoms with Gasteiger partial charge in [-0.2, -0.15) is 0 Å². The largest absolute Gasteiger partial charge is 0.385 e. The zero-order chi connectivity index (χ0) is 9.14. The first-order chi connectivity index (χ1) is 5.61. The number of ketones is 1. The molecular weight excluding hydrogens is 159 g/mol. The molecule has 1 atom stereocenters. The number of aliphatic hydroxyl groups excluding tert-OH is 1. The van der Waals surface area contributed by atoms with Crippen LogP contribution in [0.25, 0.3) is 0 Å². The van der Waals surface area contributed by atoms with Crippen molar-refractivity contribution in [2.24, 2.45) is 0 Å². The fourth-order valence-corrected chi connectivity index (χ4v) is 0.855. The van der Waals surface area contributed by atoms with Crippen molar-refractivity contribution < 1.29 is 14.3 Å². The summed E-state index contributed by atoms with van der Waals surface area (Å²) in [5, 5.41) is 8.90. The summed E-state index contributed by atoms with van der Waals surface area (Å²) in [4.78, 5) is 11.1. The first-order valence-electron chi connectivity index (χ1n) is 3.59. The van der Waals surface area contributed by atoms with E-state index in [0.717, 1.165) is 0 Å². The molecule has 1 aromatic carbocycles. The Bertz CT molecular complexity index is 277. The van der Waals surface area contributed by atoms with Crippen LogP contribution < -0.4 is 0 Å². The summed E-state index contributed by atoms with van der Waals surface area (Å²) in [5.41, 5.74) is 0.325. The average Bonchev–Trinajstić information content (AvgIpc) is 2.04. The molecule has 64 valence electrons. The third-order valence-corrected chi connectivity index (χ3v) is 1.51. The predicted octanol–water partition coefficient (Wildman–Crippen LogP) is 1.39. The molecule has 0 spiro atoms. The summed E-state index contributed by atoms with van der Waals surface area (Å²) >= 11 is 0. The quantitative estimate of drug-likeness (QED) is 0.677. The van der Waals surface area contributed by atoms with Crippen LogP contribution in [0.15, 0.2) is 24.3 Å². The molecule has 1 N–H and O–H groups in total. The second-order valence-corrected chi connectivity index (χ2v) is 2.55. The van der Waals surface area contributed by atoms with Crippen LogP contribution in [-0.2, 0) is 0 Å². The standard InChI is InChI=1S/C9H9FO2/c1-6(11)9(12)7-2-4-8(10)5-3-7/h2-6,11H,1H3/t6-/m0/s1. The van der Waals surface area contributed by atoms with Crippen LogP contribution >= 0.6 is 0 Å². The molecular formula is C9H9FO2. The van der Waals surface area contributed by atoms with Crippen molar-refractivity contribution in [3.05, 3.63) is 35.6 Å². The molecule has 0 saturated carbocycles. The van der Waals surface area contributed by atoms with Crippen molar-refractivity contribution in [3.8, 4) is 0 Å². The first kappa shape index (κ1) is 8.87. The lowest BCUT2D eigenvalue weighted by molar-refractivity contribution is 0.0779. The molecule has 0 aliphatic carbocycles. The molecule has 1 rings (SSSR count). The molecule has 0 amide bonds. The molecule has 0 aliphatic heterocycles. The molecule has 3 heteroatoms. The fourth-order valence-electron chi connectivity index (χ4n) is 0.855. The highest BCUT2D eigenvalue weighted by molar-refractivity contribution is 5.98. The van der Waals surface area contributed by atoms with E-state index in [1.54, 1.807) is 0 Å². The van der Waals surface area contributed by atoms with Gasteiger partial charge in [0.05, 0.1) is 0 Å². The lowest BCUT2D eigenvalue weighted by atomic mass is 10.1. The highest BCUT2D eigenvalue weighted by Gasteiger charge is 2.10. The summed E-state index contributed by atoms with van der Waals surface area (Å²) in [6.45, 7) is 1.38. The maximum Gasteiger partial charge on any atom is 0.190 e. The van der Waals surface area contributed by atoms with Crippen molar-refractivity contribution >= 4 is 5.78 Å². The molecule has 0 fully saturated rings. The molecule has 0 aliphatic rings. The summed E-state index contributed by atoms with van der Waals surface area (Å²) in [6, 6.07) is 5.08. The summed E-state index contributed by atoms with van der Waals surface area (Å²) in [7, 11) is 0.